The minimum absolute atomic E-state index is 0.0886. The van der Waals surface area contributed by atoms with Gasteiger partial charge in [-0.05, 0) is 30.8 Å². The Kier molecular flexibility index (Phi) is 5.13. The molecule has 130 valence electrons. The fourth-order valence-corrected chi connectivity index (χ4v) is 3.56. The lowest BCUT2D eigenvalue weighted by molar-refractivity contribution is -0.141. The molecule has 3 aromatic rings. The number of nitrogens with zero attached hydrogens (tertiary/aromatic N) is 5. The Bertz CT molecular complexity index is 853. The van der Waals surface area contributed by atoms with Gasteiger partial charge in [0.1, 0.15) is 16.4 Å². The molecule has 0 fully saturated rings. The van der Waals surface area contributed by atoms with Crippen molar-refractivity contribution in [2.45, 2.75) is 22.5 Å². The van der Waals surface area contributed by atoms with Gasteiger partial charge in [-0.15, -0.1) is 10.2 Å². The number of halogens is 3. The van der Waals surface area contributed by atoms with Crippen LogP contribution in [0.2, 0.25) is 0 Å². The Morgan fingerprint density at radius 3 is 2.72 bits per heavy atom. The lowest BCUT2D eigenvalue weighted by Gasteiger charge is -2.09. The molecule has 0 atom stereocenters. The van der Waals surface area contributed by atoms with Crippen LogP contribution < -0.4 is 5.32 Å². The topological polar surface area (TPSA) is 76.5 Å². The van der Waals surface area contributed by atoms with Crippen LogP contribution in [-0.2, 0) is 6.18 Å². The van der Waals surface area contributed by atoms with E-state index in [1.54, 1.807) is 18.2 Å². The van der Waals surface area contributed by atoms with Gasteiger partial charge >= 0.3 is 6.18 Å². The second kappa shape index (κ2) is 7.31. The molecule has 3 heterocycles. The smallest absolute Gasteiger partial charge is 0.360 e. The second-order valence-corrected chi connectivity index (χ2v) is 6.88. The van der Waals surface area contributed by atoms with E-state index in [9.17, 15) is 13.2 Å². The third-order valence-electron chi connectivity index (χ3n) is 2.81. The summed E-state index contributed by atoms with van der Waals surface area (Å²) in [6.07, 6.45) is -3.11. The predicted molar refractivity (Wildman–Crippen MR) is 88.5 cm³/mol. The first kappa shape index (κ1) is 17.5. The third-order valence-corrected chi connectivity index (χ3v) is 4.66. The zero-order valence-corrected chi connectivity index (χ0v) is 14.4. The average molecular weight is 384 g/mol. The van der Waals surface area contributed by atoms with Gasteiger partial charge in [-0.2, -0.15) is 13.2 Å². The van der Waals surface area contributed by atoms with E-state index >= 15 is 0 Å². The average Bonchev–Trinajstić information content (AvgIpc) is 3.02. The van der Waals surface area contributed by atoms with E-state index in [0.717, 1.165) is 17.8 Å². The van der Waals surface area contributed by atoms with E-state index in [-0.39, 0.29) is 16.5 Å². The summed E-state index contributed by atoms with van der Waals surface area (Å²) in [4.78, 5) is 11.8. The molecule has 3 aromatic heterocycles. The summed E-state index contributed by atoms with van der Waals surface area (Å²) in [5.41, 5.74) is -0.761. The highest BCUT2D eigenvalue weighted by Crippen LogP contribution is 2.35. The van der Waals surface area contributed by atoms with Crippen LogP contribution in [0.15, 0.2) is 39.8 Å². The van der Waals surface area contributed by atoms with E-state index in [1.807, 2.05) is 6.92 Å². The largest absolute Gasteiger partial charge is 0.433 e. The molecule has 6 nitrogen and oxygen atoms in total. The van der Waals surface area contributed by atoms with Crippen molar-refractivity contribution in [1.29, 1.82) is 0 Å². The molecule has 0 amide bonds. The van der Waals surface area contributed by atoms with Crippen molar-refractivity contribution in [3.63, 3.8) is 0 Å². The number of pyridine rings is 1. The maximum atomic E-state index is 13.2. The number of anilines is 1. The molecule has 11 heteroatoms. The Hall–Kier alpha value is -2.27. The molecule has 1 N–H and O–H groups in total. The number of aromatic nitrogens is 5. The van der Waals surface area contributed by atoms with Crippen molar-refractivity contribution in [2.75, 3.05) is 11.9 Å². The van der Waals surface area contributed by atoms with Crippen LogP contribution in [0.25, 0.3) is 11.5 Å². The molecule has 0 aliphatic rings. The van der Waals surface area contributed by atoms with E-state index < -0.39 is 11.9 Å². The lowest BCUT2D eigenvalue weighted by atomic mass is 10.3. The van der Waals surface area contributed by atoms with Gasteiger partial charge in [0.15, 0.2) is 10.2 Å². The fraction of sp³-hybridized carbons (Fsp3) is 0.214. The molecule has 0 saturated carbocycles. The molecule has 0 unspecified atom stereocenters. The summed E-state index contributed by atoms with van der Waals surface area (Å²) in [5.74, 6) is -0.0886. The molecule has 0 aromatic carbocycles. The first-order valence-electron chi connectivity index (χ1n) is 7.08. The summed E-state index contributed by atoms with van der Waals surface area (Å²) in [6, 6.07) is 5.77. The molecule has 0 spiro atoms. The molecule has 3 rings (SSSR count). The van der Waals surface area contributed by atoms with E-state index in [4.69, 9.17) is 0 Å². The highest BCUT2D eigenvalue weighted by atomic mass is 32.2. The number of alkyl halides is 3. The van der Waals surface area contributed by atoms with Crippen molar-refractivity contribution in [3.8, 4) is 11.5 Å². The molecule has 25 heavy (non-hydrogen) atoms. The Balaban J connectivity index is 1.97. The van der Waals surface area contributed by atoms with Crippen LogP contribution in [0.4, 0.5) is 18.3 Å². The van der Waals surface area contributed by atoms with Crippen LogP contribution in [0.1, 0.15) is 12.6 Å². The van der Waals surface area contributed by atoms with Crippen molar-refractivity contribution in [2.24, 2.45) is 0 Å². The minimum atomic E-state index is -4.59. The van der Waals surface area contributed by atoms with Crippen LogP contribution in [0.5, 0.6) is 0 Å². The summed E-state index contributed by atoms with van der Waals surface area (Å²) in [5, 5.41) is 11.6. The number of hydrogen-bond acceptors (Lipinski definition) is 8. The summed E-state index contributed by atoms with van der Waals surface area (Å²) < 4.78 is 39.9. The van der Waals surface area contributed by atoms with Gasteiger partial charge in [-0.25, -0.2) is 9.97 Å². The van der Waals surface area contributed by atoms with E-state index in [1.165, 1.54) is 17.5 Å². The SMILES string of the molecule is CCNc1nnc(Sc2cc(C(F)(F)F)nc(-c3ccccn3)n2)s1. The molecule has 0 aliphatic carbocycles. The molecular weight excluding hydrogens is 373 g/mol. The molecule has 0 aliphatic heterocycles. The monoisotopic (exact) mass is 384 g/mol. The van der Waals surface area contributed by atoms with Gasteiger partial charge in [-0.3, -0.25) is 4.98 Å². The van der Waals surface area contributed by atoms with E-state index in [0.29, 0.717) is 16.0 Å². The predicted octanol–water partition coefficient (Wildman–Crippen LogP) is 3.99. The maximum absolute atomic E-state index is 13.2. The number of rotatable bonds is 5. The van der Waals surface area contributed by atoms with Gasteiger partial charge in [0.2, 0.25) is 5.13 Å². The molecule has 0 radical (unpaired) electrons. The van der Waals surface area contributed by atoms with Crippen molar-refractivity contribution >= 4 is 28.2 Å². The van der Waals surface area contributed by atoms with Gasteiger partial charge < -0.3 is 5.32 Å². The highest BCUT2D eigenvalue weighted by Gasteiger charge is 2.34. The highest BCUT2D eigenvalue weighted by molar-refractivity contribution is 8.01. The zero-order valence-electron chi connectivity index (χ0n) is 12.8. The Labute approximate surface area is 149 Å². The zero-order chi connectivity index (χ0) is 17.9. The van der Waals surface area contributed by atoms with Crippen LogP contribution in [0.3, 0.4) is 0 Å². The number of nitrogens with one attached hydrogen (secondary N) is 1. The van der Waals surface area contributed by atoms with Crippen molar-refractivity contribution < 1.29 is 13.2 Å². The standard InChI is InChI=1S/C14H11F3N6S2/c1-2-18-12-22-23-13(25-12)24-10-7-9(14(15,16)17)20-11(21-10)8-5-3-4-6-19-8/h3-7H,2H2,1H3,(H,18,22). The molecular formula is C14H11F3N6S2. The van der Waals surface area contributed by atoms with Crippen LogP contribution in [0, 0.1) is 0 Å². The van der Waals surface area contributed by atoms with Gasteiger partial charge in [0, 0.05) is 18.8 Å². The third kappa shape index (κ3) is 4.42. The number of hydrogen-bond donors (Lipinski definition) is 1. The quantitative estimate of drug-likeness (QED) is 0.667. The lowest BCUT2D eigenvalue weighted by Crippen LogP contribution is -2.10. The Morgan fingerprint density at radius 1 is 1.20 bits per heavy atom. The summed E-state index contributed by atoms with van der Waals surface area (Å²) in [6.45, 7) is 2.59. The van der Waals surface area contributed by atoms with Crippen molar-refractivity contribution in [1.82, 2.24) is 25.1 Å². The maximum Gasteiger partial charge on any atom is 0.433 e. The van der Waals surface area contributed by atoms with Gasteiger partial charge in [0.05, 0.1) is 0 Å². The second-order valence-electron chi connectivity index (χ2n) is 4.63. The molecule has 0 saturated heterocycles. The first-order valence-corrected chi connectivity index (χ1v) is 8.72. The normalized spacial score (nSPS) is 11.5. The minimum Gasteiger partial charge on any atom is -0.360 e. The summed E-state index contributed by atoms with van der Waals surface area (Å²) >= 11 is 2.24. The van der Waals surface area contributed by atoms with Crippen LogP contribution in [-0.4, -0.2) is 31.7 Å². The molecule has 0 bridgehead atoms. The first-order chi connectivity index (χ1) is 12.0. The van der Waals surface area contributed by atoms with Gasteiger partial charge in [0.25, 0.3) is 0 Å². The summed E-state index contributed by atoms with van der Waals surface area (Å²) in [7, 11) is 0. The van der Waals surface area contributed by atoms with Gasteiger partial charge in [-0.1, -0.05) is 17.4 Å². The van der Waals surface area contributed by atoms with Crippen molar-refractivity contribution in [3.05, 3.63) is 36.2 Å². The Morgan fingerprint density at radius 2 is 2.04 bits per heavy atom. The van der Waals surface area contributed by atoms with E-state index in [2.05, 4.69) is 30.5 Å². The van der Waals surface area contributed by atoms with Crippen LogP contribution >= 0.6 is 23.1 Å². The fourth-order valence-electron chi connectivity index (χ4n) is 1.80.